The molecule has 0 saturated carbocycles. The predicted octanol–water partition coefficient (Wildman–Crippen LogP) is 3.20. The lowest BCUT2D eigenvalue weighted by Gasteiger charge is -2.16. The summed E-state index contributed by atoms with van der Waals surface area (Å²) >= 11 is 0. The van der Waals surface area contributed by atoms with Crippen molar-refractivity contribution in [2.75, 3.05) is 6.54 Å². The molecule has 0 aliphatic heterocycles. The second-order valence-electron chi connectivity index (χ2n) is 3.92. The number of rotatable bonds is 5. The molecule has 0 fully saturated rings. The Hall–Kier alpha value is -1.33. The van der Waals surface area contributed by atoms with Crippen molar-refractivity contribution in [3.63, 3.8) is 0 Å². The van der Waals surface area contributed by atoms with Crippen LogP contribution in [0.3, 0.4) is 0 Å². The molecule has 0 saturated heterocycles. The number of hydrogen-bond donors (Lipinski definition) is 1. The Morgan fingerprint density at radius 2 is 2.25 bits per heavy atom. The summed E-state index contributed by atoms with van der Waals surface area (Å²) in [5, 5.41) is 3.32. The Morgan fingerprint density at radius 3 is 2.81 bits per heavy atom. The first-order chi connectivity index (χ1) is 7.69. The lowest BCUT2D eigenvalue weighted by Crippen LogP contribution is -2.21. The van der Waals surface area contributed by atoms with Crippen LogP contribution in [0.5, 0.6) is 0 Å². The van der Waals surface area contributed by atoms with E-state index in [2.05, 4.69) is 18.2 Å². The van der Waals surface area contributed by atoms with Crippen LogP contribution in [0.1, 0.15) is 36.9 Å². The molecule has 0 radical (unpaired) electrons. The summed E-state index contributed by atoms with van der Waals surface area (Å²) in [5.74, 6) is 2.46. The first-order valence-electron chi connectivity index (χ1n) is 5.62. The van der Waals surface area contributed by atoms with Crippen LogP contribution in [0.2, 0.25) is 0 Å². The SMILES string of the molecule is C#CCC(NCCC)c1ccc(C)c(F)c1. The highest BCUT2D eigenvalue weighted by atomic mass is 19.1. The van der Waals surface area contributed by atoms with Gasteiger partial charge in [-0.2, -0.15) is 0 Å². The first kappa shape index (κ1) is 12.7. The number of terminal acetylenes is 1. The highest BCUT2D eigenvalue weighted by molar-refractivity contribution is 5.26. The molecule has 16 heavy (non-hydrogen) atoms. The summed E-state index contributed by atoms with van der Waals surface area (Å²) in [6.45, 7) is 4.74. The highest BCUT2D eigenvalue weighted by Gasteiger charge is 2.10. The maximum absolute atomic E-state index is 13.4. The molecule has 0 heterocycles. The zero-order valence-corrected chi connectivity index (χ0v) is 9.89. The van der Waals surface area contributed by atoms with Gasteiger partial charge in [0.2, 0.25) is 0 Å². The minimum absolute atomic E-state index is 0.0556. The molecule has 0 bridgehead atoms. The van der Waals surface area contributed by atoms with E-state index in [4.69, 9.17) is 6.42 Å². The molecule has 2 heteroatoms. The highest BCUT2D eigenvalue weighted by Crippen LogP contribution is 2.19. The zero-order chi connectivity index (χ0) is 12.0. The van der Waals surface area contributed by atoms with E-state index in [1.54, 1.807) is 19.1 Å². The van der Waals surface area contributed by atoms with E-state index in [0.717, 1.165) is 18.5 Å². The van der Waals surface area contributed by atoms with Gasteiger partial charge in [-0.3, -0.25) is 0 Å². The van der Waals surface area contributed by atoms with E-state index >= 15 is 0 Å². The third kappa shape index (κ3) is 3.36. The van der Waals surface area contributed by atoms with E-state index < -0.39 is 0 Å². The van der Waals surface area contributed by atoms with Gasteiger partial charge in [-0.05, 0) is 37.1 Å². The fraction of sp³-hybridized carbons (Fsp3) is 0.429. The molecule has 0 spiro atoms. The van der Waals surface area contributed by atoms with Crippen molar-refractivity contribution in [2.24, 2.45) is 0 Å². The van der Waals surface area contributed by atoms with E-state index in [1.165, 1.54) is 0 Å². The second kappa shape index (κ2) is 6.30. The molecule has 1 rings (SSSR count). The largest absolute Gasteiger partial charge is 0.309 e. The standard InChI is InChI=1S/C14H18FN/c1-4-6-14(16-9-5-2)12-8-7-11(3)13(15)10-12/h1,7-8,10,14,16H,5-6,9H2,2-3H3. The van der Waals surface area contributed by atoms with Gasteiger partial charge in [0.1, 0.15) is 5.82 Å². The van der Waals surface area contributed by atoms with Gasteiger partial charge < -0.3 is 5.32 Å². The molecule has 1 unspecified atom stereocenters. The molecule has 1 atom stereocenters. The second-order valence-corrected chi connectivity index (χ2v) is 3.92. The number of hydrogen-bond acceptors (Lipinski definition) is 1. The molecule has 1 aromatic rings. The van der Waals surface area contributed by atoms with Crippen LogP contribution in [0.15, 0.2) is 18.2 Å². The third-order valence-electron chi connectivity index (χ3n) is 2.56. The summed E-state index contributed by atoms with van der Waals surface area (Å²) < 4.78 is 13.4. The van der Waals surface area contributed by atoms with E-state index in [1.807, 2.05) is 6.07 Å². The fourth-order valence-corrected chi connectivity index (χ4v) is 1.57. The number of nitrogens with one attached hydrogen (secondary N) is 1. The normalized spacial score (nSPS) is 12.1. The Morgan fingerprint density at radius 1 is 1.50 bits per heavy atom. The van der Waals surface area contributed by atoms with Crippen molar-refractivity contribution in [3.8, 4) is 12.3 Å². The van der Waals surface area contributed by atoms with Gasteiger partial charge in [0.05, 0.1) is 0 Å². The van der Waals surface area contributed by atoms with Crippen LogP contribution in [-0.2, 0) is 0 Å². The van der Waals surface area contributed by atoms with Gasteiger partial charge in [0.25, 0.3) is 0 Å². The van der Waals surface area contributed by atoms with Gasteiger partial charge >= 0.3 is 0 Å². The van der Waals surface area contributed by atoms with E-state index in [9.17, 15) is 4.39 Å². The van der Waals surface area contributed by atoms with Gasteiger partial charge in [0.15, 0.2) is 0 Å². The maximum atomic E-state index is 13.4. The molecule has 0 amide bonds. The summed E-state index contributed by atoms with van der Waals surface area (Å²) in [7, 11) is 0. The van der Waals surface area contributed by atoms with Gasteiger partial charge in [-0.1, -0.05) is 19.1 Å². The molecule has 0 aliphatic carbocycles. The summed E-state index contributed by atoms with van der Waals surface area (Å²) in [5.41, 5.74) is 1.59. The smallest absolute Gasteiger partial charge is 0.126 e. The van der Waals surface area contributed by atoms with Crippen molar-refractivity contribution < 1.29 is 4.39 Å². The van der Waals surface area contributed by atoms with Crippen LogP contribution in [-0.4, -0.2) is 6.54 Å². The van der Waals surface area contributed by atoms with Crippen LogP contribution in [0, 0.1) is 25.1 Å². The molecular weight excluding hydrogens is 201 g/mol. The summed E-state index contributed by atoms with van der Waals surface area (Å²) in [6.07, 6.45) is 6.95. The van der Waals surface area contributed by atoms with Gasteiger partial charge in [-0.25, -0.2) is 4.39 Å². The molecule has 1 nitrogen and oxygen atoms in total. The van der Waals surface area contributed by atoms with Gasteiger partial charge in [0, 0.05) is 12.5 Å². The lowest BCUT2D eigenvalue weighted by atomic mass is 10.0. The molecule has 0 aromatic heterocycles. The van der Waals surface area contributed by atoms with Crippen LogP contribution in [0.4, 0.5) is 4.39 Å². The summed E-state index contributed by atoms with van der Waals surface area (Å²) in [4.78, 5) is 0. The van der Waals surface area contributed by atoms with E-state index in [0.29, 0.717) is 12.0 Å². The molecule has 0 aliphatic rings. The number of aryl methyl sites for hydroxylation is 1. The van der Waals surface area contributed by atoms with Crippen molar-refractivity contribution in [1.29, 1.82) is 0 Å². The average molecular weight is 219 g/mol. The lowest BCUT2D eigenvalue weighted by molar-refractivity contribution is 0.536. The molecule has 1 N–H and O–H groups in total. The van der Waals surface area contributed by atoms with Crippen molar-refractivity contribution in [1.82, 2.24) is 5.32 Å². The van der Waals surface area contributed by atoms with Crippen molar-refractivity contribution in [2.45, 2.75) is 32.7 Å². The number of halogens is 1. The average Bonchev–Trinajstić information content (AvgIpc) is 2.28. The maximum Gasteiger partial charge on any atom is 0.126 e. The summed E-state index contributed by atoms with van der Waals surface area (Å²) in [6, 6.07) is 5.35. The van der Waals surface area contributed by atoms with Crippen molar-refractivity contribution >= 4 is 0 Å². The molecular formula is C14H18FN. The molecule has 1 aromatic carbocycles. The Balaban J connectivity index is 2.84. The Kier molecular flexibility index (Phi) is 5.01. The van der Waals surface area contributed by atoms with E-state index in [-0.39, 0.29) is 11.9 Å². The van der Waals surface area contributed by atoms with Crippen molar-refractivity contribution in [3.05, 3.63) is 35.1 Å². The van der Waals surface area contributed by atoms with Gasteiger partial charge in [-0.15, -0.1) is 12.3 Å². The predicted molar refractivity (Wildman–Crippen MR) is 65.6 cm³/mol. The minimum Gasteiger partial charge on any atom is -0.309 e. The first-order valence-corrected chi connectivity index (χ1v) is 5.62. The van der Waals surface area contributed by atoms with Crippen LogP contribution < -0.4 is 5.32 Å². The topological polar surface area (TPSA) is 12.0 Å². The van der Waals surface area contributed by atoms with Crippen LogP contribution in [0.25, 0.3) is 0 Å². The zero-order valence-electron chi connectivity index (χ0n) is 9.89. The minimum atomic E-state index is -0.169. The quantitative estimate of drug-likeness (QED) is 0.750. The Labute approximate surface area is 97.1 Å². The Bertz CT molecular complexity index is 379. The molecule has 86 valence electrons. The number of benzene rings is 1. The third-order valence-corrected chi connectivity index (χ3v) is 2.56. The monoisotopic (exact) mass is 219 g/mol. The van der Waals surface area contributed by atoms with Crippen LogP contribution >= 0.6 is 0 Å². The fourth-order valence-electron chi connectivity index (χ4n) is 1.57.